The summed E-state index contributed by atoms with van der Waals surface area (Å²) in [6.07, 6.45) is -3.19. The quantitative estimate of drug-likeness (QED) is 0.117. The number of hydrogen-bond acceptors (Lipinski definition) is 11. The second kappa shape index (κ2) is 17.8. The van der Waals surface area contributed by atoms with Gasteiger partial charge in [-0.3, -0.25) is 14.8 Å². The van der Waals surface area contributed by atoms with Crippen molar-refractivity contribution in [2.75, 3.05) is 36.8 Å². The number of carbonyl (C=O) groups excluding carboxylic acids is 2. The normalized spacial score (nSPS) is 16.7. The highest BCUT2D eigenvalue weighted by molar-refractivity contribution is 5.98. The average molecular weight is 873 g/mol. The van der Waals surface area contributed by atoms with Gasteiger partial charge in [0.15, 0.2) is 11.6 Å². The first-order valence-corrected chi connectivity index (χ1v) is 19.9. The molecule has 2 N–H and O–H groups in total. The number of likely N-dealkylation sites (tertiary alicyclic amines) is 2. The van der Waals surface area contributed by atoms with Crippen LogP contribution in [-0.2, 0) is 21.9 Å². The van der Waals surface area contributed by atoms with Gasteiger partial charge in [-0.05, 0) is 88.2 Å². The molecule has 6 aromatic rings. The van der Waals surface area contributed by atoms with Crippen molar-refractivity contribution in [1.29, 1.82) is 0 Å². The molecule has 2 atom stereocenters. The van der Waals surface area contributed by atoms with Gasteiger partial charge in [0.1, 0.15) is 28.0 Å². The standard InChI is InChI=1S/C23H24F3N5O2.C21H18F3N5O/c1-22(2,3)33-21(32)31-12-10-16(13-31)28-20-19-17(5-4-11-27-19)18(29-30-20)14-6-8-15(9-7-14)23(24,25)26;1-2-17(30)29-11-9-15(12-29)26-20-19-16(4-3-10-25-19)18(27-28-20)13-5-7-14(8-6-13)21(22,23)24/h4-9,11,16H,10,12-13H2,1-3H3,(H,28,30);2-8,10,15H,1,9,11-12H2,(H,26,28)/t16-;15-/m00/s1. The van der Waals surface area contributed by atoms with E-state index in [0.29, 0.717) is 88.6 Å². The number of aromatic nitrogens is 6. The summed E-state index contributed by atoms with van der Waals surface area (Å²) >= 11 is 0. The number of halogens is 6. The number of benzene rings is 2. The van der Waals surface area contributed by atoms with Gasteiger partial charge < -0.3 is 25.2 Å². The van der Waals surface area contributed by atoms with Crippen LogP contribution in [0.4, 0.5) is 42.8 Å². The number of nitrogens with one attached hydrogen (secondary N) is 2. The van der Waals surface area contributed by atoms with E-state index in [1.54, 1.807) is 46.5 Å². The molecule has 2 aliphatic rings. The van der Waals surface area contributed by atoms with Gasteiger partial charge >= 0.3 is 18.4 Å². The molecule has 2 aliphatic heterocycles. The van der Waals surface area contributed by atoms with Crippen molar-refractivity contribution in [2.24, 2.45) is 0 Å². The highest BCUT2D eigenvalue weighted by Gasteiger charge is 2.33. The van der Waals surface area contributed by atoms with Crippen LogP contribution in [0.5, 0.6) is 0 Å². The molecule has 0 bridgehead atoms. The van der Waals surface area contributed by atoms with E-state index in [9.17, 15) is 35.9 Å². The molecule has 0 saturated carbocycles. The number of nitrogens with zero attached hydrogens (tertiary/aromatic N) is 8. The molecule has 0 unspecified atom stereocenters. The summed E-state index contributed by atoms with van der Waals surface area (Å²) in [5, 5.41) is 25.0. The lowest BCUT2D eigenvalue weighted by molar-refractivity contribution is -0.138. The van der Waals surface area contributed by atoms with Crippen molar-refractivity contribution in [3.05, 3.63) is 109 Å². The molecular formula is C44H42F6N10O3. The highest BCUT2D eigenvalue weighted by Crippen LogP contribution is 2.35. The monoisotopic (exact) mass is 872 g/mol. The first-order valence-electron chi connectivity index (χ1n) is 19.9. The van der Waals surface area contributed by atoms with E-state index in [2.05, 4.69) is 47.6 Å². The Hall–Kier alpha value is -6.92. The van der Waals surface area contributed by atoms with Crippen LogP contribution in [0.15, 0.2) is 97.8 Å². The maximum atomic E-state index is 12.9. The predicted octanol–water partition coefficient (Wildman–Crippen LogP) is 9.04. The Morgan fingerprint density at radius 1 is 0.667 bits per heavy atom. The number of ether oxygens (including phenoxy) is 1. The summed E-state index contributed by atoms with van der Waals surface area (Å²) in [7, 11) is 0. The Morgan fingerprint density at radius 3 is 1.51 bits per heavy atom. The molecule has 13 nitrogen and oxygen atoms in total. The Balaban J connectivity index is 0.000000190. The van der Waals surface area contributed by atoms with Crippen LogP contribution in [0, 0.1) is 0 Å². The number of pyridine rings is 2. The van der Waals surface area contributed by atoms with E-state index < -0.39 is 29.1 Å². The lowest BCUT2D eigenvalue weighted by atomic mass is 10.1. The summed E-state index contributed by atoms with van der Waals surface area (Å²) in [6, 6.07) is 16.6. The van der Waals surface area contributed by atoms with Crippen LogP contribution in [0.2, 0.25) is 0 Å². The fraction of sp³-hybridized carbons (Fsp3) is 0.318. The molecule has 2 aromatic carbocycles. The molecule has 2 fully saturated rings. The zero-order chi connectivity index (χ0) is 45.1. The molecule has 2 amide bonds. The number of fused-ring (bicyclic) bond motifs is 2. The fourth-order valence-corrected chi connectivity index (χ4v) is 7.19. The number of carbonyl (C=O) groups is 2. The Bertz CT molecular complexity index is 2620. The van der Waals surface area contributed by atoms with Crippen molar-refractivity contribution >= 4 is 45.4 Å². The lowest BCUT2D eigenvalue weighted by Gasteiger charge is -2.24. The van der Waals surface area contributed by atoms with Gasteiger partial charge in [0.2, 0.25) is 5.91 Å². The maximum Gasteiger partial charge on any atom is 0.416 e. The van der Waals surface area contributed by atoms with Crippen molar-refractivity contribution in [3.8, 4) is 22.5 Å². The summed E-state index contributed by atoms with van der Waals surface area (Å²) in [5.41, 5.74) is 1.03. The van der Waals surface area contributed by atoms with Gasteiger partial charge in [-0.1, -0.05) is 30.8 Å². The fourth-order valence-electron chi connectivity index (χ4n) is 7.19. The molecule has 328 valence electrons. The molecule has 0 radical (unpaired) electrons. The minimum absolute atomic E-state index is 0.00896. The Labute approximate surface area is 357 Å². The molecule has 2 saturated heterocycles. The van der Waals surface area contributed by atoms with E-state index in [-0.39, 0.29) is 24.1 Å². The van der Waals surface area contributed by atoms with Gasteiger partial charge in [-0.25, -0.2) is 4.79 Å². The van der Waals surface area contributed by atoms with Gasteiger partial charge in [0.05, 0.1) is 11.1 Å². The van der Waals surface area contributed by atoms with Crippen LogP contribution < -0.4 is 10.6 Å². The van der Waals surface area contributed by atoms with Gasteiger partial charge in [-0.2, -0.15) is 26.3 Å². The third kappa shape index (κ3) is 10.4. The molecule has 6 heterocycles. The molecule has 0 aliphatic carbocycles. The number of rotatable bonds is 7. The SMILES string of the molecule is C=CC(=O)N1CC[C@H](Nc2nnc(-c3ccc(C(F)(F)F)cc3)c3cccnc23)C1.CC(C)(C)OC(=O)N1CC[C@H](Nc2nnc(-c3ccc(C(F)(F)F)cc3)c3cccnc23)C1. The van der Waals surface area contributed by atoms with Crippen molar-refractivity contribution < 1.29 is 40.7 Å². The van der Waals surface area contributed by atoms with E-state index in [1.165, 1.54) is 30.3 Å². The Morgan fingerprint density at radius 2 is 1.10 bits per heavy atom. The smallest absolute Gasteiger partial charge is 0.416 e. The summed E-state index contributed by atoms with van der Waals surface area (Å²) in [6.45, 7) is 11.1. The van der Waals surface area contributed by atoms with E-state index in [0.717, 1.165) is 30.7 Å². The molecule has 0 spiro atoms. The van der Waals surface area contributed by atoms with Crippen molar-refractivity contribution in [3.63, 3.8) is 0 Å². The topological polar surface area (TPSA) is 151 Å². The van der Waals surface area contributed by atoms with E-state index >= 15 is 0 Å². The maximum absolute atomic E-state index is 12.9. The number of alkyl halides is 6. The third-order valence-electron chi connectivity index (χ3n) is 10.2. The first kappa shape index (κ1) is 44.1. The number of amides is 2. The number of hydrogen-bond donors (Lipinski definition) is 2. The molecule has 63 heavy (non-hydrogen) atoms. The minimum atomic E-state index is -4.41. The highest BCUT2D eigenvalue weighted by atomic mass is 19.4. The Kier molecular flexibility index (Phi) is 12.5. The lowest BCUT2D eigenvalue weighted by Crippen LogP contribution is -2.36. The second-order valence-corrected chi connectivity index (χ2v) is 15.9. The first-order chi connectivity index (χ1) is 29.9. The molecule has 19 heteroatoms. The van der Waals surface area contributed by atoms with Crippen LogP contribution >= 0.6 is 0 Å². The third-order valence-corrected chi connectivity index (χ3v) is 10.2. The van der Waals surface area contributed by atoms with Crippen molar-refractivity contribution in [2.45, 2.75) is 63.7 Å². The van der Waals surface area contributed by atoms with Crippen LogP contribution in [0.1, 0.15) is 44.7 Å². The zero-order valence-corrected chi connectivity index (χ0v) is 34.3. The zero-order valence-electron chi connectivity index (χ0n) is 34.3. The van der Waals surface area contributed by atoms with Crippen molar-refractivity contribution in [1.82, 2.24) is 40.2 Å². The van der Waals surface area contributed by atoms with Gasteiger partial charge in [0, 0.05) is 72.6 Å². The summed E-state index contributed by atoms with van der Waals surface area (Å²) in [4.78, 5) is 36.3. The van der Waals surface area contributed by atoms with Crippen LogP contribution in [-0.4, -0.2) is 96.0 Å². The molecule has 4 aromatic heterocycles. The van der Waals surface area contributed by atoms with Gasteiger partial charge in [0.25, 0.3) is 0 Å². The van der Waals surface area contributed by atoms with E-state index in [1.807, 2.05) is 20.8 Å². The minimum Gasteiger partial charge on any atom is -0.444 e. The second-order valence-electron chi connectivity index (χ2n) is 15.9. The largest absolute Gasteiger partial charge is 0.444 e. The predicted molar refractivity (Wildman–Crippen MR) is 224 cm³/mol. The molecule has 8 rings (SSSR count). The molecular weight excluding hydrogens is 831 g/mol. The van der Waals surface area contributed by atoms with Crippen LogP contribution in [0.3, 0.4) is 0 Å². The van der Waals surface area contributed by atoms with Gasteiger partial charge in [-0.15, -0.1) is 20.4 Å². The van der Waals surface area contributed by atoms with E-state index in [4.69, 9.17) is 4.74 Å². The summed E-state index contributed by atoms with van der Waals surface area (Å²) in [5.74, 6) is 0.808. The summed E-state index contributed by atoms with van der Waals surface area (Å²) < 4.78 is 82.7. The number of anilines is 2. The average Bonchev–Trinajstić information content (AvgIpc) is 3.93. The van der Waals surface area contributed by atoms with Crippen LogP contribution in [0.25, 0.3) is 44.3 Å².